The summed E-state index contributed by atoms with van der Waals surface area (Å²) in [5.74, 6) is -0.800. The van der Waals surface area contributed by atoms with Gasteiger partial charge in [0.1, 0.15) is 0 Å². The zero-order chi connectivity index (χ0) is 5.28. The maximum Gasteiger partial charge on any atom is 0.306 e. The van der Waals surface area contributed by atoms with Gasteiger partial charge >= 0.3 is 5.97 Å². The Bertz CT molecular complexity index is 84.1. The second kappa shape index (κ2) is 1.52. The van der Waals surface area contributed by atoms with Crippen LogP contribution in [0.1, 0.15) is 12.8 Å². The number of carboxylic acid groups (broad SMARTS) is 1. The number of carbonyl (C=O) groups is 1. The highest BCUT2D eigenvalue weighted by Crippen LogP contribution is 2.24. The lowest BCUT2D eigenvalue weighted by molar-refractivity contribution is -0.142. The number of hydrogen-bond acceptors (Lipinski definition) is 1. The minimum atomic E-state index is -0.675. The number of carboxylic acids is 1. The molecule has 1 aliphatic carbocycles. The van der Waals surface area contributed by atoms with E-state index < -0.39 is 5.97 Å². The maximum atomic E-state index is 9.95. The highest BCUT2D eigenvalue weighted by Gasteiger charge is 2.24. The van der Waals surface area contributed by atoms with Crippen LogP contribution >= 0.6 is 0 Å². The summed E-state index contributed by atoms with van der Waals surface area (Å²) >= 11 is 0. The summed E-state index contributed by atoms with van der Waals surface area (Å²) in [5, 5.41) is 8.20. The third-order valence-electron chi connectivity index (χ3n) is 1.25. The third kappa shape index (κ3) is 0.734. The van der Waals surface area contributed by atoms with Crippen molar-refractivity contribution in [3.8, 4) is 0 Å². The topological polar surface area (TPSA) is 37.3 Å². The molecular formula is C5H7O2. The van der Waals surface area contributed by atoms with E-state index >= 15 is 0 Å². The van der Waals surface area contributed by atoms with E-state index in [0.29, 0.717) is 0 Å². The van der Waals surface area contributed by atoms with Crippen molar-refractivity contribution in [3.05, 3.63) is 6.42 Å². The van der Waals surface area contributed by atoms with Crippen LogP contribution in [-0.4, -0.2) is 11.1 Å². The van der Waals surface area contributed by atoms with Crippen molar-refractivity contribution in [2.24, 2.45) is 5.92 Å². The van der Waals surface area contributed by atoms with Crippen LogP contribution in [0.5, 0.6) is 0 Å². The van der Waals surface area contributed by atoms with E-state index in [1.54, 1.807) is 0 Å². The Morgan fingerprint density at radius 2 is 2.43 bits per heavy atom. The van der Waals surface area contributed by atoms with E-state index in [-0.39, 0.29) is 5.92 Å². The highest BCUT2D eigenvalue weighted by molar-refractivity contribution is 5.72. The Morgan fingerprint density at radius 1 is 1.86 bits per heavy atom. The third-order valence-corrected chi connectivity index (χ3v) is 1.25. The van der Waals surface area contributed by atoms with E-state index in [1.807, 2.05) is 6.42 Å². The molecule has 1 fully saturated rings. The fourth-order valence-corrected chi connectivity index (χ4v) is 0.558. The van der Waals surface area contributed by atoms with E-state index in [2.05, 4.69) is 0 Å². The van der Waals surface area contributed by atoms with Gasteiger partial charge in [-0.15, -0.1) is 0 Å². The van der Waals surface area contributed by atoms with Crippen LogP contribution < -0.4 is 0 Å². The zero-order valence-electron chi connectivity index (χ0n) is 3.92. The monoisotopic (exact) mass is 99.0 g/mol. The first-order valence-electron chi connectivity index (χ1n) is 2.37. The molecule has 7 heavy (non-hydrogen) atoms. The molecule has 2 heteroatoms. The molecular weight excluding hydrogens is 92.1 g/mol. The van der Waals surface area contributed by atoms with Gasteiger partial charge in [0.15, 0.2) is 0 Å². The Morgan fingerprint density at radius 3 is 2.43 bits per heavy atom. The van der Waals surface area contributed by atoms with Gasteiger partial charge in [-0.3, -0.25) is 4.79 Å². The average Bonchev–Trinajstić information content (AvgIpc) is 1.23. The molecule has 2 nitrogen and oxygen atoms in total. The van der Waals surface area contributed by atoms with E-state index in [4.69, 9.17) is 5.11 Å². The lowest BCUT2D eigenvalue weighted by Gasteiger charge is -2.19. The quantitative estimate of drug-likeness (QED) is 0.525. The normalized spacial score (nSPS) is 21.1. The molecule has 1 N–H and O–H groups in total. The van der Waals surface area contributed by atoms with Crippen LogP contribution in [0, 0.1) is 12.3 Å². The average molecular weight is 99.1 g/mol. The van der Waals surface area contributed by atoms with Gasteiger partial charge in [0.05, 0.1) is 5.92 Å². The lowest BCUT2D eigenvalue weighted by Crippen LogP contribution is -2.21. The summed E-state index contributed by atoms with van der Waals surface area (Å²) in [6, 6.07) is 0. The molecule has 1 aliphatic rings. The van der Waals surface area contributed by atoms with Crippen LogP contribution in [0.25, 0.3) is 0 Å². The lowest BCUT2D eigenvalue weighted by atomic mass is 9.86. The minimum Gasteiger partial charge on any atom is -0.481 e. The highest BCUT2D eigenvalue weighted by atomic mass is 16.4. The van der Waals surface area contributed by atoms with Gasteiger partial charge in [-0.25, -0.2) is 0 Å². The van der Waals surface area contributed by atoms with Gasteiger partial charge in [-0.1, -0.05) is 0 Å². The summed E-state index contributed by atoms with van der Waals surface area (Å²) in [6.45, 7) is 0. The van der Waals surface area contributed by atoms with Crippen molar-refractivity contribution in [1.82, 2.24) is 0 Å². The molecule has 0 spiro atoms. The Kier molecular flexibility index (Phi) is 1.01. The molecule has 0 amide bonds. The van der Waals surface area contributed by atoms with Gasteiger partial charge < -0.3 is 5.11 Å². The molecule has 0 aromatic heterocycles. The molecule has 0 aromatic rings. The van der Waals surface area contributed by atoms with E-state index in [9.17, 15) is 4.79 Å². The van der Waals surface area contributed by atoms with Crippen molar-refractivity contribution < 1.29 is 9.90 Å². The summed E-state index contributed by atoms with van der Waals surface area (Å²) in [7, 11) is 0. The van der Waals surface area contributed by atoms with Crippen molar-refractivity contribution in [3.63, 3.8) is 0 Å². The molecule has 0 aliphatic heterocycles. The van der Waals surface area contributed by atoms with Gasteiger partial charge in [0.25, 0.3) is 0 Å². The van der Waals surface area contributed by atoms with Crippen LogP contribution in [0.2, 0.25) is 0 Å². The first-order valence-corrected chi connectivity index (χ1v) is 2.37. The molecule has 1 saturated carbocycles. The first kappa shape index (κ1) is 4.62. The van der Waals surface area contributed by atoms with Crippen LogP contribution in [0.15, 0.2) is 0 Å². The van der Waals surface area contributed by atoms with Crippen LogP contribution in [0.3, 0.4) is 0 Å². The largest absolute Gasteiger partial charge is 0.481 e. The number of aliphatic carboxylic acids is 1. The predicted octanol–water partition coefficient (Wildman–Crippen LogP) is 0.685. The molecule has 0 saturated heterocycles. The standard InChI is InChI=1S/C5H7O2/c6-5(7)4-2-1-3-4/h2,4H,1,3H2,(H,6,7). The smallest absolute Gasteiger partial charge is 0.306 e. The van der Waals surface area contributed by atoms with Crippen LogP contribution in [-0.2, 0) is 4.79 Å². The van der Waals surface area contributed by atoms with Crippen LogP contribution in [0.4, 0.5) is 0 Å². The molecule has 0 bridgehead atoms. The first-order chi connectivity index (χ1) is 3.30. The molecule has 1 unspecified atom stereocenters. The summed E-state index contributed by atoms with van der Waals surface area (Å²) in [4.78, 5) is 9.95. The van der Waals surface area contributed by atoms with E-state index in [1.165, 1.54) is 0 Å². The van der Waals surface area contributed by atoms with Crippen molar-refractivity contribution in [2.75, 3.05) is 0 Å². The van der Waals surface area contributed by atoms with Gasteiger partial charge in [-0.05, 0) is 19.3 Å². The predicted molar refractivity (Wildman–Crippen MR) is 24.7 cm³/mol. The van der Waals surface area contributed by atoms with Gasteiger partial charge in [0.2, 0.25) is 0 Å². The second-order valence-electron chi connectivity index (χ2n) is 1.76. The zero-order valence-corrected chi connectivity index (χ0v) is 3.92. The minimum absolute atomic E-state index is 0.125. The molecule has 39 valence electrons. The van der Waals surface area contributed by atoms with E-state index in [0.717, 1.165) is 12.8 Å². The van der Waals surface area contributed by atoms with Gasteiger partial charge in [0, 0.05) is 0 Å². The molecule has 1 rings (SSSR count). The second-order valence-corrected chi connectivity index (χ2v) is 1.76. The Labute approximate surface area is 42.1 Å². The number of hydrogen-bond donors (Lipinski definition) is 1. The van der Waals surface area contributed by atoms with Crippen molar-refractivity contribution >= 4 is 5.97 Å². The Balaban J connectivity index is 2.27. The molecule has 1 radical (unpaired) electrons. The summed E-state index contributed by atoms with van der Waals surface area (Å²) in [5.41, 5.74) is 0. The fourth-order valence-electron chi connectivity index (χ4n) is 0.558. The van der Waals surface area contributed by atoms with Crippen molar-refractivity contribution in [1.29, 1.82) is 0 Å². The summed E-state index contributed by atoms with van der Waals surface area (Å²) < 4.78 is 0. The molecule has 0 heterocycles. The maximum absolute atomic E-state index is 9.95. The molecule has 1 atom stereocenters. The fraction of sp³-hybridized carbons (Fsp3) is 0.600. The number of rotatable bonds is 1. The van der Waals surface area contributed by atoms with Crippen molar-refractivity contribution in [2.45, 2.75) is 12.8 Å². The summed E-state index contributed by atoms with van der Waals surface area (Å²) in [6.07, 6.45) is 3.65. The van der Waals surface area contributed by atoms with Gasteiger partial charge in [-0.2, -0.15) is 0 Å². The molecule has 0 aromatic carbocycles. The Hall–Kier alpha value is -0.530. The SMILES string of the molecule is O=C(O)C1[CH]CC1.